The lowest BCUT2D eigenvalue weighted by atomic mass is 9.79. The van der Waals surface area contributed by atoms with Crippen molar-refractivity contribution in [2.45, 2.75) is 163 Å². The predicted octanol–water partition coefficient (Wildman–Crippen LogP) is 13.4. The minimum absolute atomic E-state index is 0.202. The molecule has 0 saturated carbocycles. The molecule has 0 saturated heterocycles. The van der Waals surface area contributed by atoms with Gasteiger partial charge in [0.25, 0.3) is 0 Å². The number of benzene rings is 5. The lowest BCUT2D eigenvalue weighted by molar-refractivity contribution is 0.00484. The van der Waals surface area contributed by atoms with Gasteiger partial charge in [-0.2, -0.15) is 0 Å². The molecular formula is C63H84O8. The number of phenolic OH excluding ortho intramolecular Hbond substituents is 3. The number of aromatic hydroxyl groups is 3. The van der Waals surface area contributed by atoms with E-state index in [9.17, 15) is 15.3 Å². The summed E-state index contributed by atoms with van der Waals surface area (Å²) < 4.78 is 31.8. The van der Waals surface area contributed by atoms with Crippen molar-refractivity contribution in [2.75, 3.05) is 52.9 Å². The molecule has 3 N–H and O–H groups in total. The van der Waals surface area contributed by atoms with E-state index >= 15 is 0 Å². The maximum Gasteiger partial charge on any atom is 0.126 e. The molecule has 0 unspecified atom stereocenters. The van der Waals surface area contributed by atoms with Crippen LogP contribution in [0.1, 0.15) is 187 Å². The summed E-state index contributed by atoms with van der Waals surface area (Å²) in [6, 6.07) is 21.8. The van der Waals surface area contributed by atoms with Gasteiger partial charge in [-0.25, -0.2) is 0 Å². The maximum absolute atomic E-state index is 12.8. The van der Waals surface area contributed by atoms with E-state index in [0.29, 0.717) is 83.2 Å². The smallest absolute Gasteiger partial charge is 0.126 e. The molecule has 12 bridgehead atoms. The second-order valence-electron chi connectivity index (χ2n) is 25.3. The molecule has 8 nitrogen and oxygen atoms in total. The Balaban J connectivity index is 1.62. The van der Waals surface area contributed by atoms with E-state index in [2.05, 4.69) is 165 Å². The highest BCUT2D eigenvalue weighted by molar-refractivity contribution is 5.60. The molecule has 0 radical (unpaired) electrons. The monoisotopic (exact) mass is 969 g/mol. The van der Waals surface area contributed by atoms with Gasteiger partial charge >= 0.3 is 0 Å². The third kappa shape index (κ3) is 13.0. The van der Waals surface area contributed by atoms with Crippen molar-refractivity contribution in [2.24, 2.45) is 0 Å². The Morgan fingerprint density at radius 3 is 0.634 bits per heavy atom. The van der Waals surface area contributed by atoms with E-state index in [4.69, 9.17) is 23.7 Å². The average molecular weight is 969 g/mol. The summed E-state index contributed by atoms with van der Waals surface area (Å²) in [4.78, 5) is 0. The highest BCUT2D eigenvalue weighted by Gasteiger charge is 2.29. The van der Waals surface area contributed by atoms with Crippen molar-refractivity contribution in [1.29, 1.82) is 0 Å². The third-order valence-electron chi connectivity index (χ3n) is 14.2. The molecule has 0 spiro atoms. The minimum Gasteiger partial charge on any atom is -0.507 e. The van der Waals surface area contributed by atoms with Crippen molar-refractivity contribution in [3.8, 4) is 28.7 Å². The second kappa shape index (κ2) is 20.8. The quantitative estimate of drug-likeness (QED) is 0.138. The van der Waals surface area contributed by atoms with Gasteiger partial charge < -0.3 is 39.0 Å². The van der Waals surface area contributed by atoms with E-state index in [1.165, 1.54) is 0 Å². The molecule has 8 heteroatoms. The maximum atomic E-state index is 12.8. The van der Waals surface area contributed by atoms with Gasteiger partial charge in [0.2, 0.25) is 0 Å². The zero-order chi connectivity index (χ0) is 51.8. The molecule has 5 aromatic carbocycles. The molecule has 0 atom stereocenters. The van der Waals surface area contributed by atoms with Gasteiger partial charge in [-0.3, -0.25) is 0 Å². The molecule has 5 aromatic rings. The molecule has 0 fully saturated rings. The molecule has 0 aromatic heterocycles. The Labute approximate surface area is 426 Å². The summed E-state index contributed by atoms with van der Waals surface area (Å²) in [6.07, 6.45) is 1.90. The number of hydrogen-bond acceptors (Lipinski definition) is 8. The SMILES string of the molecule is CC(C)(C)c1cc2c(O)c(c1)Cc1cc(C(C)(C)C)cc3c1OCCOCCOCCOCCOc1c(cc(C(C)(C)C)cc1Cc1cc(C(C)(C)C)cc(c1O)C3)Cc1cc(C(C)(C)C)cc(c1O)C2. The Hall–Kier alpha value is -5.02. The first-order valence-electron chi connectivity index (χ1n) is 25.9. The molecular weight excluding hydrogens is 885 g/mol. The van der Waals surface area contributed by atoms with Crippen LogP contribution in [0.3, 0.4) is 0 Å². The molecule has 1 heterocycles. The zero-order valence-electron chi connectivity index (χ0n) is 45.8. The van der Waals surface area contributed by atoms with Gasteiger partial charge in [-0.05, 0) is 111 Å². The second-order valence-corrected chi connectivity index (χ2v) is 25.3. The first-order chi connectivity index (χ1) is 33.1. The standard InChI is InChI=1S/C63H84O8/c1-59(2,3)49-29-39-24-40-30-50(60(4,5)6)32-42(55(40)65)26-46-36-53(63(13,14)15)38-48-28-44-34-51(61(7,8)9)33-43(56(44)66)27-47-37-52(62(10,11)12)35-45(25-41(31-49)54(39)64)57(47)70-22-20-68-18-16-67-17-19-69-21-23-71-58(46)48/h29-38,64-66H,16-28H2,1-15H3. The Kier molecular flexibility index (Phi) is 15.8. The van der Waals surface area contributed by atoms with Crippen LogP contribution < -0.4 is 9.47 Å². The van der Waals surface area contributed by atoms with Crippen molar-refractivity contribution >= 4 is 0 Å². The van der Waals surface area contributed by atoms with Crippen molar-refractivity contribution in [3.05, 3.63) is 144 Å². The molecule has 7 rings (SSSR count). The Morgan fingerprint density at radius 1 is 0.268 bits per heavy atom. The number of rotatable bonds is 0. The van der Waals surface area contributed by atoms with Gasteiger partial charge in [0.1, 0.15) is 42.0 Å². The van der Waals surface area contributed by atoms with Crippen LogP contribution in [0.25, 0.3) is 0 Å². The van der Waals surface area contributed by atoms with Crippen LogP contribution in [0, 0.1) is 0 Å². The Bertz CT molecular complexity index is 2530. The van der Waals surface area contributed by atoms with E-state index in [1.54, 1.807) is 0 Å². The summed E-state index contributed by atoms with van der Waals surface area (Å²) in [5, 5.41) is 38.1. The zero-order valence-corrected chi connectivity index (χ0v) is 45.8. The highest BCUT2D eigenvalue weighted by Crippen LogP contribution is 2.44. The summed E-state index contributed by atoms with van der Waals surface area (Å²) in [5.74, 6) is 2.08. The van der Waals surface area contributed by atoms with E-state index in [0.717, 1.165) is 83.5 Å². The van der Waals surface area contributed by atoms with Crippen LogP contribution in [0.4, 0.5) is 0 Å². The fourth-order valence-corrected chi connectivity index (χ4v) is 9.63. The first-order valence-corrected chi connectivity index (χ1v) is 25.9. The van der Waals surface area contributed by atoms with Crippen LogP contribution >= 0.6 is 0 Å². The van der Waals surface area contributed by atoms with Gasteiger partial charge in [-0.15, -0.1) is 0 Å². The van der Waals surface area contributed by atoms with Crippen molar-refractivity contribution in [3.63, 3.8) is 0 Å². The molecule has 1 aliphatic heterocycles. The summed E-state index contributed by atoms with van der Waals surface area (Å²) in [6.45, 7) is 36.1. The van der Waals surface area contributed by atoms with E-state index in [1.807, 2.05) is 0 Å². The number of phenols is 3. The number of fused-ring (bicyclic) bond motifs is 4. The number of ether oxygens (including phenoxy) is 5. The topological polar surface area (TPSA) is 107 Å². The van der Waals surface area contributed by atoms with Crippen LogP contribution in [0.15, 0.2) is 60.7 Å². The summed E-state index contributed by atoms with van der Waals surface area (Å²) in [5.41, 5.74) is 12.7. The van der Waals surface area contributed by atoms with Crippen LogP contribution in [0.2, 0.25) is 0 Å². The van der Waals surface area contributed by atoms with Crippen molar-refractivity contribution in [1.82, 2.24) is 0 Å². The Morgan fingerprint density at radius 2 is 0.437 bits per heavy atom. The molecule has 2 aliphatic rings. The fraction of sp³-hybridized carbons (Fsp3) is 0.524. The van der Waals surface area contributed by atoms with Gasteiger partial charge in [0, 0.05) is 32.1 Å². The largest absolute Gasteiger partial charge is 0.507 e. The first kappa shape index (κ1) is 53.8. The third-order valence-corrected chi connectivity index (χ3v) is 14.2. The molecule has 384 valence electrons. The van der Waals surface area contributed by atoms with Gasteiger partial charge in [0.05, 0.1) is 39.6 Å². The van der Waals surface area contributed by atoms with Crippen molar-refractivity contribution < 1.29 is 39.0 Å². The van der Waals surface area contributed by atoms with E-state index in [-0.39, 0.29) is 57.5 Å². The summed E-state index contributed by atoms with van der Waals surface area (Å²) >= 11 is 0. The average Bonchev–Trinajstić information content (AvgIpc) is 3.25. The van der Waals surface area contributed by atoms with E-state index < -0.39 is 0 Å². The lowest BCUT2D eigenvalue weighted by Gasteiger charge is -2.28. The normalized spacial score (nSPS) is 16.2. The number of hydrogen-bond donors (Lipinski definition) is 3. The molecule has 0 amide bonds. The predicted molar refractivity (Wildman–Crippen MR) is 288 cm³/mol. The fourth-order valence-electron chi connectivity index (χ4n) is 9.63. The van der Waals surface area contributed by atoms with Gasteiger partial charge in [-0.1, -0.05) is 165 Å². The van der Waals surface area contributed by atoms with Gasteiger partial charge in [0.15, 0.2) is 0 Å². The van der Waals surface area contributed by atoms with Crippen LogP contribution in [-0.4, -0.2) is 68.2 Å². The van der Waals surface area contributed by atoms with Crippen LogP contribution in [0.5, 0.6) is 28.7 Å². The summed E-state index contributed by atoms with van der Waals surface area (Å²) in [7, 11) is 0. The van der Waals surface area contributed by atoms with Crippen LogP contribution in [-0.2, 0) is 73.4 Å². The lowest BCUT2D eigenvalue weighted by Crippen LogP contribution is -2.18. The molecule has 1 aliphatic carbocycles. The highest BCUT2D eigenvalue weighted by atomic mass is 16.6. The molecule has 71 heavy (non-hydrogen) atoms. The minimum atomic E-state index is -0.255.